The van der Waals surface area contributed by atoms with Crippen LogP contribution in [-0.4, -0.2) is 83.4 Å². The molecule has 3 rings (SSSR count). The van der Waals surface area contributed by atoms with Gasteiger partial charge in [0.2, 0.25) is 15.9 Å². The number of benzene rings is 2. The summed E-state index contributed by atoms with van der Waals surface area (Å²) in [5.74, 6) is -0.881. The maximum atomic E-state index is 12.5. The molecule has 2 aromatic carbocycles. The third-order valence-corrected chi connectivity index (χ3v) is 7.72. The van der Waals surface area contributed by atoms with Crippen LogP contribution in [-0.2, 0) is 35.6 Å². The van der Waals surface area contributed by atoms with Crippen LogP contribution in [0.5, 0.6) is 11.5 Å². The van der Waals surface area contributed by atoms with Gasteiger partial charge in [-0.15, -0.1) is 0 Å². The maximum absolute atomic E-state index is 12.5. The summed E-state index contributed by atoms with van der Waals surface area (Å²) in [5, 5.41) is 2.52. The van der Waals surface area contributed by atoms with E-state index in [2.05, 4.69) is 5.32 Å². The summed E-state index contributed by atoms with van der Waals surface area (Å²) in [5.41, 5.74) is 1.21. The van der Waals surface area contributed by atoms with Gasteiger partial charge in [0.1, 0.15) is 0 Å². The lowest BCUT2D eigenvalue weighted by molar-refractivity contribution is -0.151. The van der Waals surface area contributed by atoms with E-state index >= 15 is 0 Å². The molecule has 1 saturated heterocycles. The Balaban J connectivity index is 1.49. The average Bonchev–Trinajstić information content (AvgIpc) is 3.26. The summed E-state index contributed by atoms with van der Waals surface area (Å²) in [6, 6.07) is 11.3. The van der Waals surface area contributed by atoms with Crippen molar-refractivity contribution in [2.75, 3.05) is 53.3 Å². The number of rotatable bonds is 11. The molecule has 0 bridgehead atoms. The van der Waals surface area contributed by atoms with Gasteiger partial charge in [-0.2, -0.15) is 0 Å². The van der Waals surface area contributed by atoms with Crippen molar-refractivity contribution in [3.63, 3.8) is 0 Å². The number of nitrogens with zero attached hydrogens (tertiary/aromatic N) is 2. The minimum absolute atomic E-state index is 0.0107. The van der Waals surface area contributed by atoms with Gasteiger partial charge in [-0.1, -0.05) is 12.1 Å². The summed E-state index contributed by atoms with van der Waals surface area (Å²) in [6.45, 7) is 0.0711. The van der Waals surface area contributed by atoms with Crippen molar-refractivity contribution < 1.29 is 37.0 Å². The van der Waals surface area contributed by atoms with Gasteiger partial charge in [-0.05, 0) is 42.3 Å². The molecule has 0 aromatic heterocycles. The lowest BCUT2D eigenvalue weighted by Gasteiger charge is -2.17. The van der Waals surface area contributed by atoms with Crippen LogP contribution in [0.3, 0.4) is 0 Å². The first-order valence-corrected chi connectivity index (χ1v) is 13.0. The second-order valence-corrected chi connectivity index (χ2v) is 10.8. The van der Waals surface area contributed by atoms with Gasteiger partial charge in [-0.25, -0.2) is 12.7 Å². The number of hydrogen-bond acceptors (Lipinski definition) is 8. The van der Waals surface area contributed by atoms with Gasteiger partial charge in [-0.3, -0.25) is 14.4 Å². The molecule has 1 heterocycles. The molecule has 0 saturated carbocycles. The van der Waals surface area contributed by atoms with Crippen LogP contribution in [0.2, 0.25) is 0 Å². The molecule has 200 valence electrons. The molecule has 2 amide bonds. The highest BCUT2D eigenvalue weighted by Gasteiger charge is 2.35. The molecule has 1 N–H and O–H groups in total. The zero-order valence-electron chi connectivity index (χ0n) is 21.2. The molecule has 1 atom stereocenters. The van der Waals surface area contributed by atoms with E-state index in [0.717, 1.165) is 9.87 Å². The van der Waals surface area contributed by atoms with Crippen LogP contribution < -0.4 is 14.8 Å². The van der Waals surface area contributed by atoms with Crippen molar-refractivity contribution in [2.45, 2.75) is 17.7 Å². The minimum Gasteiger partial charge on any atom is -0.493 e. The van der Waals surface area contributed by atoms with Crippen LogP contribution in [0.1, 0.15) is 12.0 Å². The average molecular weight is 534 g/mol. The Hall–Kier alpha value is -3.64. The van der Waals surface area contributed by atoms with E-state index in [4.69, 9.17) is 14.2 Å². The predicted molar refractivity (Wildman–Crippen MR) is 135 cm³/mol. The molecule has 1 aliphatic rings. The predicted octanol–water partition coefficient (Wildman–Crippen LogP) is 1.53. The number of methoxy groups -OCH3 is 2. The van der Waals surface area contributed by atoms with E-state index in [1.54, 1.807) is 25.2 Å². The topological polar surface area (TPSA) is 132 Å². The molecule has 0 aliphatic carbocycles. The van der Waals surface area contributed by atoms with Crippen molar-refractivity contribution in [3.05, 3.63) is 48.0 Å². The van der Waals surface area contributed by atoms with Crippen molar-refractivity contribution in [1.82, 2.24) is 9.21 Å². The smallest absolute Gasteiger partial charge is 0.311 e. The van der Waals surface area contributed by atoms with E-state index in [1.165, 1.54) is 38.4 Å². The largest absolute Gasteiger partial charge is 0.493 e. The minimum atomic E-state index is -3.66. The Morgan fingerprint density at radius 3 is 2.49 bits per heavy atom. The van der Waals surface area contributed by atoms with Crippen LogP contribution >= 0.6 is 0 Å². The van der Waals surface area contributed by atoms with Crippen LogP contribution in [0.15, 0.2) is 47.4 Å². The highest BCUT2D eigenvalue weighted by molar-refractivity contribution is 7.89. The Kier molecular flexibility index (Phi) is 9.11. The number of ether oxygens (including phenoxy) is 3. The number of nitrogens with one attached hydrogen (secondary N) is 1. The van der Waals surface area contributed by atoms with Crippen LogP contribution in [0.4, 0.5) is 5.69 Å². The first-order valence-electron chi connectivity index (χ1n) is 11.5. The Morgan fingerprint density at radius 2 is 1.81 bits per heavy atom. The molecule has 12 heteroatoms. The number of anilines is 1. The van der Waals surface area contributed by atoms with Crippen LogP contribution in [0, 0.1) is 5.92 Å². The summed E-state index contributed by atoms with van der Waals surface area (Å²) in [7, 11) is 2.26. The highest BCUT2D eigenvalue weighted by Crippen LogP contribution is 2.28. The molecule has 11 nitrogen and oxygen atoms in total. The molecule has 37 heavy (non-hydrogen) atoms. The number of sulfonamides is 1. The van der Waals surface area contributed by atoms with Crippen molar-refractivity contribution in [2.24, 2.45) is 5.92 Å². The summed E-state index contributed by atoms with van der Waals surface area (Å²) < 4.78 is 41.3. The Morgan fingerprint density at radius 1 is 1.08 bits per heavy atom. The standard InChI is InChI=1S/C25H31N3O8S/c1-27(2)37(32,33)20-7-5-6-19(14-20)26-23(29)16-36-25(31)18-13-24(30)28(15-18)11-10-17-8-9-21(34-3)22(12-17)35-4/h5-9,12,14,18H,10-11,13,15-16H2,1-4H3,(H,26,29). The molecule has 2 aromatic rings. The second kappa shape index (κ2) is 12.1. The van der Waals surface area contributed by atoms with E-state index < -0.39 is 34.4 Å². The van der Waals surface area contributed by atoms with E-state index in [1.807, 2.05) is 12.1 Å². The molecule has 1 aliphatic heterocycles. The highest BCUT2D eigenvalue weighted by atomic mass is 32.2. The van der Waals surface area contributed by atoms with Crippen molar-refractivity contribution in [3.8, 4) is 11.5 Å². The number of esters is 1. The fourth-order valence-corrected chi connectivity index (χ4v) is 4.79. The summed E-state index contributed by atoms with van der Waals surface area (Å²) in [4.78, 5) is 38.8. The lowest BCUT2D eigenvalue weighted by Crippen LogP contribution is -2.29. The number of hydrogen-bond donors (Lipinski definition) is 1. The Bertz CT molecular complexity index is 1260. The van der Waals surface area contributed by atoms with Gasteiger partial charge in [0.05, 0.1) is 25.0 Å². The number of likely N-dealkylation sites (tertiary alicyclic amines) is 1. The first kappa shape index (κ1) is 27.9. The molecule has 0 spiro atoms. The van der Waals surface area contributed by atoms with Crippen molar-refractivity contribution in [1.29, 1.82) is 0 Å². The molecular formula is C25H31N3O8S. The summed E-state index contributed by atoms with van der Waals surface area (Å²) in [6.07, 6.45) is 0.579. The van der Waals surface area contributed by atoms with E-state index in [0.29, 0.717) is 24.5 Å². The zero-order valence-corrected chi connectivity index (χ0v) is 22.0. The van der Waals surface area contributed by atoms with Crippen molar-refractivity contribution >= 4 is 33.5 Å². The fraction of sp³-hybridized carbons (Fsp3) is 0.400. The van der Waals surface area contributed by atoms with Gasteiger partial charge in [0.25, 0.3) is 5.91 Å². The second-order valence-electron chi connectivity index (χ2n) is 8.65. The van der Waals surface area contributed by atoms with E-state index in [9.17, 15) is 22.8 Å². The molecule has 1 fully saturated rings. The Labute approximate surface area is 216 Å². The SMILES string of the molecule is COc1ccc(CCN2CC(C(=O)OCC(=O)Nc3cccc(S(=O)(=O)N(C)C)c3)CC2=O)cc1OC. The van der Waals surface area contributed by atoms with Gasteiger partial charge < -0.3 is 24.4 Å². The van der Waals surface area contributed by atoms with Crippen LogP contribution in [0.25, 0.3) is 0 Å². The quantitative estimate of drug-likeness (QED) is 0.430. The summed E-state index contributed by atoms with van der Waals surface area (Å²) >= 11 is 0. The van der Waals surface area contributed by atoms with E-state index in [-0.39, 0.29) is 29.5 Å². The number of carbonyl (C=O) groups excluding carboxylic acids is 3. The third-order valence-electron chi connectivity index (χ3n) is 5.91. The zero-order chi connectivity index (χ0) is 27.2. The maximum Gasteiger partial charge on any atom is 0.311 e. The van der Waals surface area contributed by atoms with Gasteiger partial charge in [0.15, 0.2) is 18.1 Å². The molecular weight excluding hydrogens is 502 g/mol. The monoisotopic (exact) mass is 533 g/mol. The lowest BCUT2D eigenvalue weighted by atomic mass is 10.1. The number of carbonyl (C=O) groups is 3. The molecule has 1 unspecified atom stereocenters. The molecule has 0 radical (unpaired) electrons. The normalized spacial score (nSPS) is 15.5. The number of amides is 2. The fourth-order valence-electron chi connectivity index (χ4n) is 3.84. The first-order chi connectivity index (χ1) is 17.5. The van der Waals surface area contributed by atoms with Gasteiger partial charge >= 0.3 is 5.97 Å². The third kappa shape index (κ3) is 6.98. The van der Waals surface area contributed by atoms with Gasteiger partial charge in [0, 0.05) is 39.3 Å².